The number of aryl methyl sites for hydroxylation is 2. The molecule has 5 heteroatoms. The van der Waals surface area contributed by atoms with Gasteiger partial charge in [-0.1, -0.05) is 23.8 Å². The lowest BCUT2D eigenvalue weighted by Crippen LogP contribution is -2.38. The molecular formula is C22H29N3O2. The standard InChI is InChI=1S/C22H29N3O2/c1-16-5-6-17(2)19(12-16)13-24-10-9-23-21(24)15-25(22(26)18-7-8-18)14-20-4-3-11-27-20/h5-6,9-10,12,18,20H,3-4,7-8,11,13-15H2,1-2H3/t20-/m0/s1. The van der Waals surface area contributed by atoms with Crippen molar-refractivity contribution in [3.8, 4) is 0 Å². The van der Waals surface area contributed by atoms with Gasteiger partial charge in [0.05, 0.1) is 12.6 Å². The number of carbonyl (C=O) groups is 1. The van der Waals surface area contributed by atoms with E-state index in [2.05, 4.69) is 41.6 Å². The first kappa shape index (κ1) is 18.2. The maximum absolute atomic E-state index is 12.8. The Balaban J connectivity index is 1.50. The van der Waals surface area contributed by atoms with Gasteiger partial charge in [-0.05, 0) is 50.7 Å². The van der Waals surface area contributed by atoms with E-state index in [1.165, 1.54) is 16.7 Å². The van der Waals surface area contributed by atoms with Gasteiger partial charge in [0.15, 0.2) is 0 Å². The Morgan fingerprint density at radius 2 is 2.15 bits per heavy atom. The zero-order chi connectivity index (χ0) is 18.8. The van der Waals surface area contributed by atoms with Crippen LogP contribution < -0.4 is 0 Å². The number of carbonyl (C=O) groups excluding carboxylic acids is 1. The van der Waals surface area contributed by atoms with Crippen LogP contribution in [0.15, 0.2) is 30.6 Å². The molecule has 1 aliphatic carbocycles. The fourth-order valence-corrected chi connectivity index (χ4v) is 3.82. The summed E-state index contributed by atoms with van der Waals surface area (Å²) in [6.45, 7) is 7.12. The van der Waals surface area contributed by atoms with Crippen molar-refractivity contribution in [1.82, 2.24) is 14.5 Å². The quantitative estimate of drug-likeness (QED) is 0.753. The molecule has 1 aromatic heterocycles. The molecule has 1 amide bonds. The van der Waals surface area contributed by atoms with Crippen LogP contribution in [-0.4, -0.2) is 39.6 Å². The number of hydrogen-bond acceptors (Lipinski definition) is 3. The van der Waals surface area contributed by atoms with Crippen LogP contribution in [0.3, 0.4) is 0 Å². The molecule has 2 fully saturated rings. The van der Waals surface area contributed by atoms with Gasteiger partial charge >= 0.3 is 0 Å². The molecule has 27 heavy (non-hydrogen) atoms. The number of amides is 1. The third kappa shape index (κ3) is 4.41. The first-order valence-corrected chi connectivity index (χ1v) is 10.1. The van der Waals surface area contributed by atoms with Crippen LogP contribution in [0.5, 0.6) is 0 Å². The van der Waals surface area contributed by atoms with E-state index in [4.69, 9.17) is 4.74 Å². The number of aromatic nitrogens is 2. The number of imidazole rings is 1. The number of ether oxygens (including phenoxy) is 1. The predicted octanol–water partition coefficient (Wildman–Crippen LogP) is 3.47. The molecule has 1 saturated heterocycles. The van der Waals surface area contributed by atoms with Crippen molar-refractivity contribution in [3.63, 3.8) is 0 Å². The summed E-state index contributed by atoms with van der Waals surface area (Å²) in [5, 5.41) is 0. The summed E-state index contributed by atoms with van der Waals surface area (Å²) in [6.07, 6.45) is 8.23. The lowest BCUT2D eigenvalue weighted by Gasteiger charge is -2.25. The Hall–Kier alpha value is -2.14. The minimum Gasteiger partial charge on any atom is -0.376 e. The zero-order valence-electron chi connectivity index (χ0n) is 16.4. The van der Waals surface area contributed by atoms with Gasteiger partial charge in [0.1, 0.15) is 5.82 Å². The summed E-state index contributed by atoms with van der Waals surface area (Å²) in [6, 6.07) is 6.55. The lowest BCUT2D eigenvalue weighted by molar-refractivity contribution is -0.135. The summed E-state index contributed by atoms with van der Waals surface area (Å²) in [7, 11) is 0. The Kier molecular flexibility index (Phi) is 5.30. The van der Waals surface area contributed by atoms with Crippen LogP contribution in [0, 0.1) is 19.8 Å². The second kappa shape index (κ2) is 7.85. The molecule has 1 aliphatic heterocycles. The van der Waals surface area contributed by atoms with Gasteiger partial charge in [0.25, 0.3) is 0 Å². The average molecular weight is 367 g/mol. The predicted molar refractivity (Wildman–Crippen MR) is 104 cm³/mol. The van der Waals surface area contributed by atoms with Crippen molar-refractivity contribution in [2.45, 2.75) is 58.7 Å². The molecule has 0 radical (unpaired) electrons. The second-order valence-corrected chi connectivity index (χ2v) is 8.03. The molecule has 2 aromatic rings. The van der Waals surface area contributed by atoms with Gasteiger partial charge in [0.2, 0.25) is 5.91 Å². The highest BCUT2D eigenvalue weighted by Gasteiger charge is 2.35. The number of nitrogens with zero attached hydrogens (tertiary/aromatic N) is 3. The fraction of sp³-hybridized carbons (Fsp3) is 0.545. The minimum atomic E-state index is 0.176. The Bertz CT molecular complexity index is 804. The molecule has 2 heterocycles. The third-order valence-corrected chi connectivity index (χ3v) is 5.67. The maximum Gasteiger partial charge on any atom is 0.226 e. The molecule has 1 aromatic carbocycles. The average Bonchev–Trinajstić information content (AvgIpc) is 3.21. The zero-order valence-corrected chi connectivity index (χ0v) is 16.4. The van der Waals surface area contributed by atoms with Gasteiger partial charge in [-0.15, -0.1) is 0 Å². The van der Waals surface area contributed by atoms with E-state index in [0.717, 1.165) is 44.7 Å². The molecule has 0 N–H and O–H groups in total. The van der Waals surface area contributed by atoms with Crippen LogP contribution in [-0.2, 0) is 22.6 Å². The summed E-state index contributed by atoms with van der Waals surface area (Å²) in [5.41, 5.74) is 3.85. The molecule has 1 saturated carbocycles. The van der Waals surface area contributed by atoms with Crippen LogP contribution in [0.4, 0.5) is 0 Å². The lowest BCUT2D eigenvalue weighted by atomic mass is 10.1. The SMILES string of the molecule is Cc1ccc(C)c(Cn2ccnc2CN(C[C@@H]2CCCO2)C(=O)C2CC2)c1. The van der Waals surface area contributed by atoms with E-state index in [1.807, 2.05) is 17.3 Å². The Morgan fingerprint density at radius 1 is 1.30 bits per heavy atom. The smallest absolute Gasteiger partial charge is 0.226 e. The van der Waals surface area contributed by atoms with Crippen LogP contribution >= 0.6 is 0 Å². The highest BCUT2D eigenvalue weighted by molar-refractivity contribution is 5.81. The highest BCUT2D eigenvalue weighted by Crippen LogP contribution is 2.32. The van der Waals surface area contributed by atoms with Gasteiger partial charge < -0.3 is 14.2 Å². The normalized spacial score (nSPS) is 19.4. The molecule has 5 nitrogen and oxygen atoms in total. The number of benzene rings is 1. The molecular weight excluding hydrogens is 338 g/mol. The van der Waals surface area contributed by atoms with E-state index >= 15 is 0 Å². The Labute approximate surface area is 161 Å². The van der Waals surface area contributed by atoms with Gasteiger partial charge in [0, 0.05) is 38.0 Å². The Morgan fingerprint density at radius 3 is 2.89 bits per heavy atom. The molecule has 144 valence electrons. The summed E-state index contributed by atoms with van der Waals surface area (Å²) in [5.74, 6) is 1.43. The second-order valence-electron chi connectivity index (χ2n) is 8.03. The molecule has 0 bridgehead atoms. The number of hydrogen-bond donors (Lipinski definition) is 0. The van der Waals surface area contributed by atoms with E-state index in [-0.39, 0.29) is 17.9 Å². The summed E-state index contributed by atoms with van der Waals surface area (Å²) in [4.78, 5) is 19.4. The highest BCUT2D eigenvalue weighted by atomic mass is 16.5. The monoisotopic (exact) mass is 367 g/mol. The molecule has 1 atom stereocenters. The van der Waals surface area contributed by atoms with Gasteiger partial charge in [-0.25, -0.2) is 4.98 Å². The van der Waals surface area contributed by atoms with E-state index in [1.54, 1.807) is 0 Å². The van der Waals surface area contributed by atoms with E-state index in [0.29, 0.717) is 13.1 Å². The molecule has 0 unspecified atom stereocenters. The topological polar surface area (TPSA) is 47.4 Å². The molecule has 2 aliphatic rings. The first-order chi connectivity index (χ1) is 13.1. The van der Waals surface area contributed by atoms with Crippen molar-refractivity contribution < 1.29 is 9.53 Å². The van der Waals surface area contributed by atoms with Gasteiger partial charge in [-0.2, -0.15) is 0 Å². The number of rotatable bonds is 7. The summed E-state index contributed by atoms with van der Waals surface area (Å²) < 4.78 is 7.96. The van der Waals surface area contributed by atoms with Gasteiger partial charge in [-0.3, -0.25) is 4.79 Å². The van der Waals surface area contributed by atoms with E-state index < -0.39 is 0 Å². The molecule has 4 rings (SSSR count). The van der Waals surface area contributed by atoms with Crippen molar-refractivity contribution in [3.05, 3.63) is 53.1 Å². The van der Waals surface area contributed by atoms with Crippen LogP contribution in [0.2, 0.25) is 0 Å². The van der Waals surface area contributed by atoms with Crippen molar-refractivity contribution in [2.75, 3.05) is 13.2 Å². The minimum absolute atomic E-state index is 0.176. The third-order valence-electron chi connectivity index (χ3n) is 5.67. The van der Waals surface area contributed by atoms with E-state index in [9.17, 15) is 4.79 Å². The fourth-order valence-electron chi connectivity index (χ4n) is 3.82. The van der Waals surface area contributed by atoms with Crippen LogP contribution in [0.1, 0.15) is 48.2 Å². The summed E-state index contributed by atoms with van der Waals surface area (Å²) >= 11 is 0. The molecule has 0 spiro atoms. The van der Waals surface area contributed by atoms with Crippen molar-refractivity contribution in [2.24, 2.45) is 5.92 Å². The maximum atomic E-state index is 12.8. The van der Waals surface area contributed by atoms with Crippen molar-refractivity contribution >= 4 is 5.91 Å². The van der Waals surface area contributed by atoms with Crippen molar-refractivity contribution in [1.29, 1.82) is 0 Å². The largest absolute Gasteiger partial charge is 0.376 e. The first-order valence-electron chi connectivity index (χ1n) is 10.1. The van der Waals surface area contributed by atoms with Crippen LogP contribution in [0.25, 0.3) is 0 Å².